The van der Waals surface area contributed by atoms with E-state index in [0.29, 0.717) is 12.1 Å². The van der Waals surface area contributed by atoms with Crippen LogP contribution in [0.4, 0.5) is 5.69 Å². The van der Waals surface area contributed by atoms with Crippen LogP contribution in [0.2, 0.25) is 5.02 Å². The van der Waals surface area contributed by atoms with E-state index in [2.05, 4.69) is 68.7 Å². The minimum absolute atomic E-state index is 0.517. The van der Waals surface area contributed by atoms with Crippen molar-refractivity contribution < 1.29 is 0 Å². The Bertz CT molecular complexity index is 1070. The zero-order chi connectivity index (χ0) is 24.0. The first kappa shape index (κ1) is 23.8. The first-order valence-electron chi connectivity index (χ1n) is 12.8. The Morgan fingerprint density at radius 1 is 0.914 bits per heavy atom. The second-order valence-electron chi connectivity index (χ2n) is 9.88. The summed E-state index contributed by atoms with van der Waals surface area (Å²) in [4.78, 5) is 7.52. The van der Waals surface area contributed by atoms with Gasteiger partial charge in [0, 0.05) is 68.3 Å². The standard InChI is InChI=1S/C29H34ClN5/c30-25-7-9-28(10-8-25)34-18-11-26(12-19-34)32-27-2-1-15-35(22-27)29-13-16-33(17-14-29)21-24-5-3-23(20-31)4-6-24/h1-10,22,26,29,32H,11-19,21H2. The van der Waals surface area contributed by atoms with E-state index >= 15 is 0 Å². The minimum atomic E-state index is 0.517. The molecule has 0 aromatic heterocycles. The van der Waals surface area contributed by atoms with Crippen LogP contribution in [0.5, 0.6) is 0 Å². The number of hydrogen-bond acceptors (Lipinski definition) is 5. The molecule has 3 aliphatic rings. The highest BCUT2D eigenvalue weighted by Gasteiger charge is 2.25. The van der Waals surface area contributed by atoms with Gasteiger partial charge in [0.1, 0.15) is 0 Å². The molecule has 0 saturated carbocycles. The van der Waals surface area contributed by atoms with Gasteiger partial charge in [0.25, 0.3) is 0 Å². The fraction of sp³-hybridized carbons (Fsp3) is 0.414. The molecule has 0 aliphatic carbocycles. The first-order chi connectivity index (χ1) is 17.2. The molecule has 0 unspecified atom stereocenters. The Kier molecular flexibility index (Phi) is 7.61. The van der Waals surface area contributed by atoms with Gasteiger partial charge in [0.2, 0.25) is 0 Å². The maximum Gasteiger partial charge on any atom is 0.0991 e. The molecule has 3 aliphatic heterocycles. The molecule has 5 nitrogen and oxygen atoms in total. The van der Waals surface area contributed by atoms with Crippen molar-refractivity contribution in [3.8, 4) is 6.07 Å². The quantitative estimate of drug-likeness (QED) is 0.610. The number of likely N-dealkylation sites (tertiary alicyclic amines) is 1. The molecule has 0 atom stereocenters. The van der Waals surface area contributed by atoms with E-state index in [4.69, 9.17) is 16.9 Å². The molecule has 2 saturated heterocycles. The van der Waals surface area contributed by atoms with Gasteiger partial charge in [-0.3, -0.25) is 4.90 Å². The highest BCUT2D eigenvalue weighted by atomic mass is 35.5. The summed E-state index contributed by atoms with van der Waals surface area (Å²) in [6.45, 7) is 6.33. The summed E-state index contributed by atoms with van der Waals surface area (Å²) in [6.07, 6.45) is 11.6. The van der Waals surface area contributed by atoms with Crippen LogP contribution in [0.15, 0.2) is 72.6 Å². The van der Waals surface area contributed by atoms with Crippen LogP contribution in [0.1, 0.15) is 36.8 Å². The predicted octanol–water partition coefficient (Wildman–Crippen LogP) is 5.15. The lowest BCUT2D eigenvalue weighted by Crippen LogP contribution is -2.45. The molecule has 35 heavy (non-hydrogen) atoms. The topological polar surface area (TPSA) is 45.5 Å². The Hall–Kier alpha value is -2.94. The van der Waals surface area contributed by atoms with Gasteiger partial charge < -0.3 is 15.1 Å². The number of nitriles is 1. The van der Waals surface area contributed by atoms with Gasteiger partial charge in [-0.2, -0.15) is 5.26 Å². The summed E-state index contributed by atoms with van der Waals surface area (Å²) in [5.41, 5.74) is 4.54. The third kappa shape index (κ3) is 6.20. The van der Waals surface area contributed by atoms with Crippen molar-refractivity contribution in [1.29, 1.82) is 5.26 Å². The van der Waals surface area contributed by atoms with Gasteiger partial charge in [0.05, 0.1) is 17.3 Å². The third-order valence-electron chi connectivity index (χ3n) is 7.49. The molecule has 1 N–H and O–H groups in total. The molecule has 0 spiro atoms. The number of hydrogen-bond donors (Lipinski definition) is 1. The highest BCUT2D eigenvalue weighted by molar-refractivity contribution is 6.30. The fourth-order valence-corrected chi connectivity index (χ4v) is 5.56. The fourth-order valence-electron chi connectivity index (χ4n) is 5.44. The van der Waals surface area contributed by atoms with Gasteiger partial charge >= 0.3 is 0 Å². The molecule has 3 heterocycles. The van der Waals surface area contributed by atoms with Gasteiger partial charge in [-0.05, 0) is 73.7 Å². The largest absolute Gasteiger partial charge is 0.381 e. The van der Waals surface area contributed by atoms with E-state index in [1.807, 2.05) is 24.3 Å². The number of halogens is 1. The van der Waals surface area contributed by atoms with Gasteiger partial charge in [0.15, 0.2) is 0 Å². The minimum Gasteiger partial charge on any atom is -0.381 e. The van der Waals surface area contributed by atoms with Crippen LogP contribution in [0, 0.1) is 11.3 Å². The van der Waals surface area contributed by atoms with Crippen molar-refractivity contribution >= 4 is 17.3 Å². The Morgan fingerprint density at radius 2 is 1.63 bits per heavy atom. The third-order valence-corrected chi connectivity index (χ3v) is 7.74. The van der Waals surface area contributed by atoms with Crippen LogP contribution in [0.25, 0.3) is 0 Å². The average Bonchev–Trinajstić information content (AvgIpc) is 2.91. The molecule has 2 aromatic rings. The number of nitrogens with zero attached hydrogens (tertiary/aromatic N) is 4. The number of benzene rings is 2. The van der Waals surface area contributed by atoms with E-state index in [1.165, 1.54) is 29.8 Å². The van der Waals surface area contributed by atoms with Crippen LogP contribution in [0.3, 0.4) is 0 Å². The lowest BCUT2D eigenvalue weighted by atomic mass is 10.0. The Labute approximate surface area is 214 Å². The van der Waals surface area contributed by atoms with Gasteiger partial charge in [-0.15, -0.1) is 0 Å². The molecule has 2 fully saturated rings. The van der Waals surface area contributed by atoms with Crippen LogP contribution < -0.4 is 10.2 Å². The average molecular weight is 488 g/mol. The van der Waals surface area contributed by atoms with E-state index < -0.39 is 0 Å². The summed E-state index contributed by atoms with van der Waals surface area (Å²) in [5.74, 6) is 0. The number of nitrogens with one attached hydrogen (secondary N) is 1. The smallest absolute Gasteiger partial charge is 0.0991 e. The summed E-state index contributed by atoms with van der Waals surface area (Å²) in [5, 5.41) is 13.6. The summed E-state index contributed by atoms with van der Waals surface area (Å²) in [6, 6.07) is 19.5. The van der Waals surface area contributed by atoms with Crippen LogP contribution in [-0.2, 0) is 6.54 Å². The molecule has 2 aromatic carbocycles. The molecule has 0 bridgehead atoms. The van der Waals surface area contributed by atoms with Crippen LogP contribution in [-0.4, -0.2) is 54.6 Å². The first-order valence-corrected chi connectivity index (χ1v) is 13.2. The molecule has 182 valence electrons. The molecular weight excluding hydrogens is 454 g/mol. The normalized spacial score (nSPS) is 19.9. The monoisotopic (exact) mass is 487 g/mol. The molecule has 0 radical (unpaired) electrons. The molecular formula is C29H34ClN5. The number of anilines is 1. The lowest BCUT2D eigenvalue weighted by molar-refractivity contribution is 0.141. The SMILES string of the molecule is N#Cc1ccc(CN2CCC(N3C=C(NC4CCN(c5ccc(Cl)cc5)CC4)C=CC3)CC2)cc1. The highest BCUT2D eigenvalue weighted by Crippen LogP contribution is 2.24. The predicted molar refractivity (Wildman–Crippen MR) is 143 cm³/mol. The molecule has 0 amide bonds. The second kappa shape index (κ2) is 11.2. The number of rotatable bonds is 6. The Morgan fingerprint density at radius 3 is 2.31 bits per heavy atom. The van der Waals surface area contributed by atoms with Gasteiger partial charge in [-0.25, -0.2) is 0 Å². The number of piperidine rings is 2. The second-order valence-corrected chi connectivity index (χ2v) is 10.3. The molecule has 6 heteroatoms. The van der Waals surface area contributed by atoms with Crippen molar-refractivity contribution in [2.24, 2.45) is 0 Å². The summed E-state index contributed by atoms with van der Waals surface area (Å²) in [7, 11) is 0. The van der Waals surface area contributed by atoms with Crippen molar-refractivity contribution in [1.82, 2.24) is 15.1 Å². The maximum absolute atomic E-state index is 8.99. The van der Waals surface area contributed by atoms with E-state index in [0.717, 1.165) is 62.7 Å². The zero-order valence-electron chi connectivity index (χ0n) is 20.2. The van der Waals surface area contributed by atoms with Crippen molar-refractivity contribution in [3.05, 3.63) is 88.7 Å². The van der Waals surface area contributed by atoms with E-state index in [9.17, 15) is 0 Å². The Balaban J connectivity index is 1.08. The summed E-state index contributed by atoms with van der Waals surface area (Å²) >= 11 is 6.04. The number of allylic oxidation sites excluding steroid dienone is 1. The molecule has 5 rings (SSSR count). The van der Waals surface area contributed by atoms with Crippen molar-refractivity contribution in [3.63, 3.8) is 0 Å². The zero-order valence-corrected chi connectivity index (χ0v) is 21.0. The van der Waals surface area contributed by atoms with Crippen molar-refractivity contribution in [2.75, 3.05) is 37.6 Å². The summed E-state index contributed by atoms with van der Waals surface area (Å²) < 4.78 is 0. The van der Waals surface area contributed by atoms with Crippen molar-refractivity contribution in [2.45, 2.75) is 44.3 Å². The lowest BCUT2D eigenvalue weighted by Gasteiger charge is -2.39. The maximum atomic E-state index is 8.99. The van der Waals surface area contributed by atoms with E-state index in [-0.39, 0.29) is 0 Å². The van der Waals surface area contributed by atoms with E-state index in [1.54, 1.807) is 0 Å². The van der Waals surface area contributed by atoms with Gasteiger partial charge in [-0.1, -0.05) is 29.8 Å². The van der Waals surface area contributed by atoms with Crippen LogP contribution >= 0.6 is 11.6 Å².